The lowest BCUT2D eigenvalue weighted by atomic mass is 9.86. The van der Waals surface area contributed by atoms with Crippen LogP contribution < -0.4 is 0 Å². The second-order valence-corrected chi connectivity index (χ2v) is 7.62. The summed E-state index contributed by atoms with van der Waals surface area (Å²) in [5.74, 6) is 0. The summed E-state index contributed by atoms with van der Waals surface area (Å²) in [5.41, 5.74) is 4.13. The van der Waals surface area contributed by atoms with E-state index in [0.717, 1.165) is 4.47 Å². The van der Waals surface area contributed by atoms with Crippen LogP contribution >= 0.6 is 31.9 Å². The zero-order valence-electron chi connectivity index (χ0n) is 11.5. The molecule has 0 heterocycles. The summed E-state index contributed by atoms with van der Waals surface area (Å²) in [5, 5.41) is 0. The van der Waals surface area contributed by atoms with Crippen molar-refractivity contribution in [3.8, 4) is 0 Å². The first kappa shape index (κ1) is 14.8. The van der Waals surface area contributed by atoms with Crippen LogP contribution in [0.3, 0.4) is 0 Å². The highest BCUT2D eigenvalue weighted by atomic mass is 79.9. The molecule has 100 valence electrons. The van der Waals surface area contributed by atoms with Crippen LogP contribution in [0.25, 0.3) is 0 Å². The van der Waals surface area contributed by atoms with Crippen LogP contribution in [-0.4, -0.2) is 0 Å². The number of alkyl halides is 1. The van der Waals surface area contributed by atoms with Crippen LogP contribution in [0, 0.1) is 0 Å². The Balaban J connectivity index is 2.25. The van der Waals surface area contributed by atoms with E-state index in [-0.39, 0.29) is 10.2 Å². The Morgan fingerprint density at radius 3 is 1.63 bits per heavy atom. The van der Waals surface area contributed by atoms with Crippen LogP contribution in [0.15, 0.2) is 53.0 Å². The third-order valence-electron chi connectivity index (χ3n) is 3.23. The Labute approximate surface area is 132 Å². The van der Waals surface area contributed by atoms with Crippen LogP contribution in [0.2, 0.25) is 0 Å². The summed E-state index contributed by atoms with van der Waals surface area (Å²) >= 11 is 7.25. The normalized spacial score (nSPS) is 13.3. The minimum atomic E-state index is 0.206. The average molecular weight is 382 g/mol. The monoisotopic (exact) mass is 380 g/mol. The van der Waals surface area contributed by atoms with Crippen molar-refractivity contribution in [2.75, 3.05) is 0 Å². The van der Waals surface area contributed by atoms with E-state index >= 15 is 0 Å². The molecule has 0 amide bonds. The van der Waals surface area contributed by atoms with Gasteiger partial charge in [-0.2, -0.15) is 0 Å². The molecule has 2 rings (SSSR count). The predicted octanol–water partition coefficient (Wildman–Crippen LogP) is 6.23. The fourth-order valence-electron chi connectivity index (χ4n) is 1.98. The fraction of sp³-hybridized carbons (Fsp3) is 0.294. The summed E-state index contributed by atoms with van der Waals surface area (Å²) < 4.78 is 1.11. The van der Waals surface area contributed by atoms with Crippen LogP contribution in [0.1, 0.15) is 42.3 Å². The van der Waals surface area contributed by atoms with Crippen molar-refractivity contribution < 1.29 is 0 Å². The van der Waals surface area contributed by atoms with Gasteiger partial charge in [-0.1, -0.05) is 89.0 Å². The number of benzene rings is 2. The molecule has 1 atom stereocenters. The Kier molecular flexibility index (Phi) is 4.52. The topological polar surface area (TPSA) is 0 Å². The van der Waals surface area contributed by atoms with E-state index < -0.39 is 0 Å². The zero-order valence-corrected chi connectivity index (χ0v) is 14.6. The summed E-state index contributed by atoms with van der Waals surface area (Å²) in [4.78, 5) is 0.245. The predicted molar refractivity (Wildman–Crippen MR) is 90.1 cm³/mol. The van der Waals surface area contributed by atoms with E-state index in [0.29, 0.717) is 0 Å². The molecule has 19 heavy (non-hydrogen) atoms. The Morgan fingerprint density at radius 1 is 0.789 bits per heavy atom. The van der Waals surface area contributed by atoms with Gasteiger partial charge in [0.15, 0.2) is 0 Å². The van der Waals surface area contributed by atoms with Gasteiger partial charge < -0.3 is 0 Å². The Morgan fingerprint density at radius 2 is 1.21 bits per heavy atom. The zero-order chi connectivity index (χ0) is 14.0. The van der Waals surface area contributed by atoms with E-state index in [9.17, 15) is 0 Å². The summed E-state index contributed by atoms with van der Waals surface area (Å²) in [6.45, 7) is 6.72. The number of hydrogen-bond donors (Lipinski definition) is 0. The summed E-state index contributed by atoms with van der Waals surface area (Å²) in [6.07, 6.45) is 0. The van der Waals surface area contributed by atoms with Crippen molar-refractivity contribution in [1.29, 1.82) is 0 Å². The Hall–Kier alpha value is -0.600. The maximum Gasteiger partial charge on any atom is 0.0644 e. The van der Waals surface area contributed by atoms with Gasteiger partial charge in [-0.25, -0.2) is 0 Å². The number of halogens is 2. The molecule has 0 nitrogen and oxygen atoms in total. The lowest BCUT2D eigenvalue weighted by molar-refractivity contribution is 0.590. The minimum absolute atomic E-state index is 0.206. The third kappa shape index (κ3) is 3.70. The maximum absolute atomic E-state index is 3.78. The molecule has 0 aliphatic carbocycles. The van der Waals surface area contributed by atoms with Crippen molar-refractivity contribution in [1.82, 2.24) is 0 Å². The van der Waals surface area contributed by atoms with Crippen LogP contribution in [-0.2, 0) is 5.41 Å². The smallest absolute Gasteiger partial charge is 0.0644 e. The van der Waals surface area contributed by atoms with Gasteiger partial charge in [-0.3, -0.25) is 0 Å². The van der Waals surface area contributed by atoms with Gasteiger partial charge in [0.2, 0.25) is 0 Å². The van der Waals surface area contributed by atoms with Gasteiger partial charge >= 0.3 is 0 Å². The molecular weight excluding hydrogens is 364 g/mol. The molecule has 0 saturated carbocycles. The van der Waals surface area contributed by atoms with E-state index in [1.54, 1.807) is 0 Å². The van der Waals surface area contributed by atoms with Crippen LogP contribution in [0.4, 0.5) is 0 Å². The maximum atomic E-state index is 3.78. The number of hydrogen-bond acceptors (Lipinski definition) is 0. The quantitative estimate of drug-likeness (QED) is 0.540. The molecule has 2 heteroatoms. The highest BCUT2D eigenvalue weighted by Gasteiger charge is 2.15. The summed E-state index contributed by atoms with van der Waals surface area (Å²) in [6, 6.07) is 17.3. The fourth-order valence-corrected chi connectivity index (χ4v) is 2.85. The number of rotatable bonds is 2. The molecular formula is C17H18Br2. The molecule has 0 bridgehead atoms. The lowest BCUT2D eigenvalue weighted by Gasteiger charge is -2.20. The van der Waals surface area contributed by atoms with Gasteiger partial charge in [-0.15, -0.1) is 0 Å². The molecule has 0 aliphatic heterocycles. The van der Waals surface area contributed by atoms with Crippen molar-refractivity contribution in [3.63, 3.8) is 0 Å². The molecule has 0 radical (unpaired) electrons. The van der Waals surface area contributed by atoms with Crippen molar-refractivity contribution in [2.24, 2.45) is 0 Å². The highest BCUT2D eigenvalue weighted by Crippen LogP contribution is 2.32. The standard InChI is InChI=1S/C17H18Br2/c1-17(2,3)14-8-4-12(5-9-14)16(19)13-6-10-15(18)11-7-13/h4-11,16H,1-3H3. The van der Waals surface area contributed by atoms with E-state index in [1.807, 2.05) is 0 Å². The van der Waals surface area contributed by atoms with E-state index in [1.165, 1.54) is 16.7 Å². The second kappa shape index (κ2) is 5.80. The molecule has 0 aromatic heterocycles. The van der Waals surface area contributed by atoms with E-state index in [2.05, 4.69) is 101 Å². The van der Waals surface area contributed by atoms with Gasteiger partial charge in [0.1, 0.15) is 0 Å². The molecule has 0 N–H and O–H groups in total. The molecule has 2 aromatic carbocycles. The van der Waals surface area contributed by atoms with Crippen molar-refractivity contribution >= 4 is 31.9 Å². The minimum Gasteiger partial charge on any atom is -0.0786 e. The molecule has 0 aliphatic rings. The SMILES string of the molecule is CC(C)(C)c1ccc(C(Br)c2ccc(Br)cc2)cc1. The van der Waals surface area contributed by atoms with E-state index in [4.69, 9.17) is 0 Å². The van der Waals surface area contributed by atoms with Gasteiger partial charge in [0.25, 0.3) is 0 Å². The molecule has 2 aromatic rings. The molecule has 0 saturated heterocycles. The average Bonchev–Trinajstić information content (AvgIpc) is 2.38. The molecule has 0 spiro atoms. The van der Waals surface area contributed by atoms with Crippen molar-refractivity contribution in [3.05, 3.63) is 69.7 Å². The first-order valence-electron chi connectivity index (χ1n) is 6.38. The van der Waals surface area contributed by atoms with Gasteiger partial charge in [0, 0.05) is 4.47 Å². The third-order valence-corrected chi connectivity index (χ3v) is 4.82. The first-order valence-corrected chi connectivity index (χ1v) is 8.09. The molecule has 0 fully saturated rings. The summed E-state index contributed by atoms with van der Waals surface area (Å²) in [7, 11) is 0. The van der Waals surface area contributed by atoms with Crippen molar-refractivity contribution in [2.45, 2.75) is 31.0 Å². The first-order chi connectivity index (χ1) is 8.88. The van der Waals surface area contributed by atoms with Gasteiger partial charge in [-0.05, 0) is 34.2 Å². The Bertz CT molecular complexity index is 533. The largest absolute Gasteiger partial charge is 0.0786 e. The highest BCUT2D eigenvalue weighted by molar-refractivity contribution is 9.10. The second-order valence-electron chi connectivity index (χ2n) is 5.79. The lowest BCUT2D eigenvalue weighted by Crippen LogP contribution is -2.10. The molecule has 1 unspecified atom stereocenters. The van der Waals surface area contributed by atoms with Gasteiger partial charge in [0.05, 0.1) is 4.83 Å². The van der Waals surface area contributed by atoms with Crippen LogP contribution in [0.5, 0.6) is 0 Å².